The van der Waals surface area contributed by atoms with Crippen molar-refractivity contribution in [2.45, 2.75) is 12.5 Å². The van der Waals surface area contributed by atoms with Crippen LogP contribution in [0.2, 0.25) is 0 Å². The number of nitrogens with one attached hydrogen (secondary N) is 1. The average Bonchev–Trinajstić information content (AvgIpc) is 3.00. The van der Waals surface area contributed by atoms with Crippen LogP contribution in [0.4, 0.5) is 10.5 Å². The monoisotopic (exact) mass is 294 g/mol. The van der Waals surface area contributed by atoms with E-state index in [2.05, 4.69) is 5.32 Å². The van der Waals surface area contributed by atoms with Crippen LogP contribution in [0.1, 0.15) is 16.8 Å². The Kier molecular flexibility index (Phi) is 4.64. The highest BCUT2D eigenvalue weighted by Gasteiger charge is 2.25. The first-order chi connectivity index (χ1) is 10.0. The summed E-state index contributed by atoms with van der Waals surface area (Å²) in [6.07, 6.45) is 0.776. The third-order valence-corrected chi connectivity index (χ3v) is 3.47. The lowest BCUT2D eigenvalue weighted by Crippen LogP contribution is -2.40. The van der Waals surface area contributed by atoms with Crippen LogP contribution in [-0.4, -0.2) is 55.4 Å². The molecule has 1 saturated heterocycles. The highest BCUT2D eigenvalue weighted by atomic mass is 16.5. The third-order valence-electron chi connectivity index (χ3n) is 3.47. The zero-order valence-electron chi connectivity index (χ0n) is 12.0. The van der Waals surface area contributed by atoms with E-state index in [0.717, 1.165) is 6.42 Å². The number of anilines is 1. The number of methoxy groups -OCH3 is 1. The number of likely N-dealkylation sites (N-methyl/N-ethyl adjacent to an activating group) is 1. The standard InChI is InChI=1S/C14H18N2O5/c1-16(9-5-6-21-8-9)14(19)15-12-4-3-10(20-2)7-11(12)13(17)18/h3-4,7,9H,5-6,8H2,1-2H3,(H,15,19)(H,17,18). The number of amides is 2. The molecule has 2 N–H and O–H groups in total. The van der Waals surface area contributed by atoms with Crippen LogP contribution < -0.4 is 10.1 Å². The Morgan fingerprint density at radius 3 is 2.81 bits per heavy atom. The normalized spacial score (nSPS) is 17.3. The minimum absolute atomic E-state index is 0.0107. The number of nitrogens with zero attached hydrogens (tertiary/aromatic N) is 1. The van der Waals surface area contributed by atoms with Gasteiger partial charge in [0.05, 0.1) is 31.0 Å². The number of carboxylic acid groups (broad SMARTS) is 1. The van der Waals surface area contributed by atoms with Gasteiger partial charge < -0.3 is 24.8 Å². The van der Waals surface area contributed by atoms with Gasteiger partial charge in [-0.05, 0) is 24.6 Å². The van der Waals surface area contributed by atoms with Crippen molar-refractivity contribution in [1.82, 2.24) is 4.90 Å². The predicted octanol–water partition coefficient (Wildman–Crippen LogP) is 1.65. The van der Waals surface area contributed by atoms with E-state index in [1.165, 1.54) is 24.1 Å². The third kappa shape index (κ3) is 3.43. The molecule has 0 bridgehead atoms. The van der Waals surface area contributed by atoms with Crippen molar-refractivity contribution in [3.8, 4) is 5.75 Å². The number of benzene rings is 1. The molecule has 0 spiro atoms. The van der Waals surface area contributed by atoms with E-state index >= 15 is 0 Å². The van der Waals surface area contributed by atoms with Crippen molar-refractivity contribution < 1.29 is 24.2 Å². The van der Waals surface area contributed by atoms with Gasteiger partial charge >= 0.3 is 12.0 Å². The van der Waals surface area contributed by atoms with Crippen molar-refractivity contribution in [3.63, 3.8) is 0 Å². The predicted molar refractivity (Wildman–Crippen MR) is 76.0 cm³/mol. The van der Waals surface area contributed by atoms with E-state index in [4.69, 9.17) is 9.47 Å². The van der Waals surface area contributed by atoms with Crippen LogP contribution in [-0.2, 0) is 4.74 Å². The molecule has 21 heavy (non-hydrogen) atoms. The highest BCUT2D eigenvalue weighted by molar-refractivity contribution is 6.00. The van der Waals surface area contributed by atoms with Crippen LogP contribution in [0, 0.1) is 0 Å². The topological polar surface area (TPSA) is 88.1 Å². The Balaban J connectivity index is 2.14. The van der Waals surface area contributed by atoms with Crippen LogP contribution in [0.5, 0.6) is 5.75 Å². The van der Waals surface area contributed by atoms with E-state index in [1.807, 2.05) is 0 Å². The summed E-state index contributed by atoms with van der Waals surface area (Å²) in [5.41, 5.74) is 0.220. The van der Waals surface area contributed by atoms with Crippen molar-refractivity contribution >= 4 is 17.7 Å². The SMILES string of the molecule is COc1ccc(NC(=O)N(C)C2CCOC2)c(C(=O)O)c1. The molecule has 1 aliphatic rings. The Hall–Kier alpha value is -2.28. The van der Waals surface area contributed by atoms with Gasteiger partial charge in [0.15, 0.2) is 0 Å². The molecule has 7 heteroatoms. The molecule has 1 fully saturated rings. The molecule has 1 heterocycles. The molecule has 1 aliphatic heterocycles. The Morgan fingerprint density at radius 1 is 1.48 bits per heavy atom. The minimum atomic E-state index is -1.13. The first-order valence-electron chi connectivity index (χ1n) is 6.56. The molecule has 1 unspecified atom stereocenters. The second-order valence-corrected chi connectivity index (χ2v) is 4.78. The van der Waals surface area contributed by atoms with Crippen molar-refractivity contribution in [2.75, 3.05) is 32.7 Å². The number of urea groups is 1. The average molecular weight is 294 g/mol. The molecule has 7 nitrogen and oxygen atoms in total. The summed E-state index contributed by atoms with van der Waals surface area (Å²) in [6, 6.07) is 4.13. The number of carboxylic acids is 1. The van der Waals surface area contributed by atoms with Crippen molar-refractivity contribution in [3.05, 3.63) is 23.8 Å². The lowest BCUT2D eigenvalue weighted by Gasteiger charge is -2.24. The summed E-state index contributed by atoms with van der Waals surface area (Å²) in [4.78, 5) is 25.0. The molecular formula is C14H18N2O5. The number of carbonyl (C=O) groups excluding carboxylic acids is 1. The van der Waals surface area contributed by atoms with Gasteiger partial charge in [-0.2, -0.15) is 0 Å². The fourth-order valence-electron chi connectivity index (χ4n) is 2.13. The Morgan fingerprint density at radius 2 is 2.24 bits per heavy atom. The lowest BCUT2D eigenvalue weighted by atomic mass is 10.1. The fourth-order valence-corrected chi connectivity index (χ4v) is 2.13. The number of carbonyl (C=O) groups is 2. The van der Waals surface area contributed by atoms with Gasteiger partial charge in [-0.25, -0.2) is 9.59 Å². The number of rotatable bonds is 4. The molecular weight excluding hydrogens is 276 g/mol. The van der Waals surface area contributed by atoms with Crippen LogP contribution in [0.3, 0.4) is 0 Å². The summed E-state index contributed by atoms with van der Waals surface area (Å²) >= 11 is 0. The summed E-state index contributed by atoms with van der Waals surface area (Å²) < 4.78 is 10.2. The molecule has 2 rings (SSSR count). The van der Waals surface area contributed by atoms with E-state index < -0.39 is 5.97 Å². The van der Waals surface area contributed by atoms with Crippen LogP contribution >= 0.6 is 0 Å². The largest absolute Gasteiger partial charge is 0.497 e. The molecule has 1 atom stereocenters. The maximum Gasteiger partial charge on any atom is 0.337 e. The second-order valence-electron chi connectivity index (χ2n) is 4.78. The summed E-state index contributed by atoms with van der Waals surface area (Å²) in [6.45, 7) is 1.13. The summed E-state index contributed by atoms with van der Waals surface area (Å²) in [7, 11) is 3.12. The molecule has 0 saturated carbocycles. The van der Waals surface area contributed by atoms with Gasteiger partial charge in [0.1, 0.15) is 5.75 Å². The Bertz CT molecular complexity index is 540. The van der Waals surface area contributed by atoms with Gasteiger partial charge in [-0.3, -0.25) is 0 Å². The number of aromatic carboxylic acids is 1. The number of hydrogen-bond acceptors (Lipinski definition) is 4. The zero-order valence-corrected chi connectivity index (χ0v) is 12.0. The van der Waals surface area contributed by atoms with Gasteiger partial charge in [0.2, 0.25) is 0 Å². The van der Waals surface area contributed by atoms with Crippen molar-refractivity contribution in [2.24, 2.45) is 0 Å². The summed E-state index contributed by atoms with van der Waals surface area (Å²) in [5.74, 6) is -0.709. The number of ether oxygens (including phenoxy) is 2. The van der Waals surface area contributed by atoms with E-state index in [-0.39, 0.29) is 23.3 Å². The van der Waals surface area contributed by atoms with Gasteiger partial charge in [-0.15, -0.1) is 0 Å². The van der Waals surface area contributed by atoms with Crippen molar-refractivity contribution in [1.29, 1.82) is 0 Å². The first kappa shape index (κ1) is 15.1. The molecule has 114 valence electrons. The summed E-state index contributed by atoms with van der Waals surface area (Å²) in [5, 5.41) is 11.8. The van der Waals surface area contributed by atoms with E-state index in [0.29, 0.717) is 19.0 Å². The second kappa shape index (κ2) is 6.45. The van der Waals surface area contributed by atoms with Gasteiger partial charge in [0, 0.05) is 13.7 Å². The van der Waals surface area contributed by atoms with E-state index in [1.54, 1.807) is 13.1 Å². The lowest BCUT2D eigenvalue weighted by molar-refractivity contribution is 0.0697. The van der Waals surface area contributed by atoms with Gasteiger partial charge in [-0.1, -0.05) is 0 Å². The maximum atomic E-state index is 12.2. The quantitative estimate of drug-likeness (QED) is 0.881. The molecule has 0 aromatic heterocycles. The fraction of sp³-hybridized carbons (Fsp3) is 0.429. The molecule has 0 radical (unpaired) electrons. The first-order valence-corrected chi connectivity index (χ1v) is 6.56. The van der Waals surface area contributed by atoms with Gasteiger partial charge in [0.25, 0.3) is 0 Å². The maximum absolute atomic E-state index is 12.2. The molecule has 0 aliphatic carbocycles. The van der Waals surface area contributed by atoms with Crippen LogP contribution in [0.25, 0.3) is 0 Å². The minimum Gasteiger partial charge on any atom is -0.497 e. The smallest absolute Gasteiger partial charge is 0.337 e. The Labute approximate surface area is 122 Å². The number of hydrogen-bond donors (Lipinski definition) is 2. The molecule has 1 aromatic rings. The zero-order chi connectivity index (χ0) is 15.4. The molecule has 1 aromatic carbocycles. The molecule has 2 amide bonds. The van der Waals surface area contributed by atoms with Crippen LogP contribution in [0.15, 0.2) is 18.2 Å². The highest BCUT2D eigenvalue weighted by Crippen LogP contribution is 2.23. The van der Waals surface area contributed by atoms with E-state index in [9.17, 15) is 14.7 Å².